The second kappa shape index (κ2) is 10.8. The van der Waals surface area contributed by atoms with Gasteiger partial charge in [-0.1, -0.05) is 50.6 Å². The third kappa shape index (κ3) is 5.16. The summed E-state index contributed by atoms with van der Waals surface area (Å²) in [6.07, 6.45) is 7.75. The molecule has 0 saturated heterocycles. The molecule has 7 rings (SSSR count). The van der Waals surface area contributed by atoms with Crippen LogP contribution < -0.4 is 0 Å². The molecule has 6 aliphatic carbocycles. The highest BCUT2D eigenvalue weighted by Crippen LogP contribution is 2.69. The van der Waals surface area contributed by atoms with Gasteiger partial charge in [-0.2, -0.15) is 13.2 Å². The monoisotopic (exact) mass is 662 g/mol. The zero-order valence-electron chi connectivity index (χ0n) is 27.8. The predicted octanol–water partition coefficient (Wildman–Crippen LogP) is 8.81. The quantitative estimate of drug-likeness (QED) is 0.299. The standard InChI is InChI=1S/C38H53F3O4S/c1-25(32(46(44,45)27-7-5-4-6-8-27)24-36(42)20-18-35(16-17-35)19-21-36)29-11-12-30-28-10-9-26-23-37(43,38(39,40)41)22-15-33(26,2)31(28)13-14-34(29,30)3/h4-9,25,28-32,42-43H,10-24H2,1-3H3/t25-,28-,29+,30-,31-,32?,33-,34+,37-/m0/s1. The van der Waals surface area contributed by atoms with E-state index in [4.69, 9.17) is 0 Å². The van der Waals surface area contributed by atoms with Crippen LogP contribution in [0.4, 0.5) is 13.2 Å². The third-order valence-electron chi connectivity index (χ3n) is 15.2. The Morgan fingerprint density at radius 3 is 2.15 bits per heavy atom. The van der Waals surface area contributed by atoms with E-state index in [0.29, 0.717) is 41.4 Å². The minimum absolute atomic E-state index is 0.0681. The Bertz CT molecular complexity index is 1460. The maximum absolute atomic E-state index is 14.5. The molecule has 4 nitrogen and oxygen atoms in total. The van der Waals surface area contributed by atoms with Gasteiger partial charge in [0.25, 0.3) is 0 Å². The fourth-order valence-corrected chi connectivity index (χ4v) is 14.1. The average molecular weight is 663 g/mol. The van der Waals surface area contributed by atoms with E-state index in [1.165, 1.54) is 12.8 Å². The first-order valence-corrected chi connectivity index (χ1v) is 19.5. The molecule has 0 heterocycles. The number of halogens is 3. The van der Waals surface area contributed by atoms with Gasteiger partial charge in [0.15, 0.2) is 15.4 Å². The maximum Gasteiger partial charge on any atom is 0.417 e. The lowest BCUT2D eigenvalue weighted by Gasteiger charge is -2.59. The van der Waals surface area contributed by atoms with Gasteiger partial charge in [-0.3, -0.25) is 0 Å². The topological polar surface area (TPSA) is 74.6 Å². The van der Waals surface area contributed by atoms with Gasteiger partial charge in [0.1, 0.15) is 0 Å². The lowest BCUT2D eigenvalue weighted by atomic mass is 9.46. The van der Waals surface area contributed by atoms with Crippen LogP contribution in [-0.4, -0.2) is 41.3 Å². The van der Waals surface area contributed by atoms with Crippen LogP contribution in [-0.2, 0) is 9.84 Å². The van der Waals surface area contributed by atoms with Crippen molar-refractivity contribution in [1.82, 2.24) is 0 Å². The summed E-state index contributed by atoms with van der Waals surface area (Å²) in [4.78, 5) is 0.335. The summed E-state index contributed by atoms with van der Waals surface area (Å²) in [6.45, 7) is 6.64. The van der Waals surface area contributed by atoms with Crippen molar-refractivity contribution in [3.05, 3.63) is 42.0 Å². The molecule has 2 N–H and O–H groups in total. The fourth-order valence-electron chi connectivity index (χ4n) is 11.9. The van der Waals surface area contributed by atoms with Crippen molar-refractivity contribution in [3.63, 3.8) is 0 Å². The van der Waals surface area contributed by atoms with E-state index in [-0.39, 0.29) is 47.8 Å². The zero-order valence-corrected chi connectivity index (χ0v) is 28.6. The maximum atomic E-state index is 14.5. The van der Waals surface area contributed by atoms with Crippen molar-refractivity contribution < 1.29 is 31.8 Å². The van der Waals surface area contributed by atoms with Crippen LogP contribution in [0.2, 0.25) is 0 Å². The molecule has 1 aromatic rings. The highest BCUT2D eigenvalue weighted by Gasteiger charge is 2.64. The number of rotatable bonds is 6. The van der Waals surface area contributed by atoms with Crippen LogP contribution in [0.25, 0.3) is 0 Å². The number of alkyl halides is 3. The van der Waals surface area contributed by atoms with Crippen molar-refractivity contribution in [2.75, 3.05) is 0 Å². The predicted molar refractivity (Wildman–Crippen MR) is 172 cm³/mol. The Kier molecular flexibility index (Phi) is 7.79. The third-order valence-corrected chi connectivity index (χ3v) is 17.6. The molecule has 0 aliphatic heterocycles. The second-order valence-electron chi connectivity index (χ2n) is 17.4. The molecule has 0 bridgehead atoms. The van der Waals surface area contributed by atoms with Gasteiger partial charge in [0, 0.05) is 6.42 Å². The summed E-state index contributed by atoms with van der Waals surface area (Å²) in [6, 6.07) is 8.78. The Labute approximate surface area is 273 Å². The summed E-state index contributed by atoms with van der Waals surface area (Å²) in [7, 11) is -3.71. The average Bonchev–Trinajstić information content (AvgIpc) is 3.68. The van der Waals surface area contributed by atoms with Crippen LogP contribution in [0.5, 0.6) is 0 Å². The van der Waals surface area contributed by atoms with Gasteiger partial charge in [-0.25, -0.2) is 8.42 Å². The van der Waals surface area contributed by atoms with E-state index in [1.807, 2.05) is 12.1 Å². The van der Waals surface area contributed by atoms with Crippen molar-refractivity contribution in [3.8, 4) is 0 Å². The lowest BCUT2D eigenvalue weighted by molar-refractivity contribution is -0.271. The van der Waals surface area contributed by atoms with E-state index in [0.717, 1.165) is 50.5 Å². The number of aliphatic hydroxyl groups is 2. The first-order valence-electron chi connectivity index (χ1n) is 18.0. The molecule has 5 fully saturated rings. The van der Waals surface area contributed by atoms with E-state index < -0.39 is 32.5 Å². The molecule has 0 aromatic heterocycles. The molecule has 1 aromatic carbocycles. The molecule has 1 unspecified atom stereocenters. The Morgan fingerprint density at radius 2 is 1.52 bits per heavy atom. The van der Waals surface area contributed by atoms with Crippen LogP contribution in [0.15, 0.2) is 46.9 Å². The molecule has 5 saturated carbocycles. The SMILES string of the molecule is C[C@H](C(CC1(O)CCC2(CC1)CC2)S(=O)(=O)c1ccccc1)[C@H]1CC[C@H]2[C@@H]3CC=C4C[C@](O)(C(F)(F)F)CC[C@]4(C)[C@H]3CC[C@]12C. The Hall–Kier alpha value is -1.38. The van der Waals surface area contributed by atoms with Crippen LogP contribution >= 0.6 is 0 Å². The number of sulfone groups is 1. The molecule has 8 heteroatoms. The van der Waals surface area contributed by atoms with Gasteiger partial charge in [0.05, 0.1) is 15.7 Å². The first kappa shape index (κ1) is 33.1. The highest BCUT2D eigenvalue weighted by molar-refractivity contribution is 7.92. The molecule has 6 aliphatic rings. The fraction of sp³-hybridized carbons (Fsp3) is 0.789. The van der Waals surface area contributed by atoms with Crippen LogP contribution in [0.1, 0.15) is 117 Å². The molecule has 46 heavy (non-hydrogen) atoms. The van der Waals surface area contributed by atoms with E-state index in [9.17, 15) is 31.8 Å². The normalized spacial score (nSPS) is 41.1. The Morgan fingerprint density at radius 1 is 0.870 bits per heavy atom. The van der Waals surface area contributed by atoms with Gasteiger partial charge < -0.3 is 10.2 Å². The van der Waals surface area contributed by atoms with Crippen LogP contribution in [0, 0.1) is 45.8 Å². The molecule has 0 radical (unpaired) electrons. The molecule has 9 atom stereocenters. The van der Waals surface area contributed by atoms with Crippen LogP contribution in [0.3, 0.4) is 0 Å². The molecular formula is C38H53F3O4S. The van der Waals surface area contributed by atoms with Gasteiger partial charge in [-0.05, 0) is 148 Å². The highest BCUT2D eigenvalue weighted by atomic mass is 32.2. The first-order chi connectivity index (χ1) is 21.5. The summed E-state index contributed by atoms with van der Waals surface area (Å²) < 4.78 is 70.4. The smallest absolute Gasteiger partial charge is 0.390 e. The van der Waals surface area contributed by atoms with E-state index >= 15 is 0 Å². The number of allylic oxidation sites excluding steroid dienone is 1. The summed E-state index contributed by atoms with van der Waals surface area (Å²) >= 11 is 0. The Balaban J connectivity index is 1.16. The van der Waals surface area contributed by atoms with Crippen molar-refractivity contribution >= 4 is 9.84 Å². The number of fused-ring (bicyclic) bond motifs is 5. The molecule has 1 spiro atoms. The van der Waals surface area contributed by atoms with Gasteiger partial charge in [-0.15, -0.1) is 0 Å². The summed E-state index contributed by atoms with van der Waals surface area (Å²) in [5.74, 6) is 1.05. The van der Waals surface area contributed by atoms with Crippen molar-refractivity contribution in [2.24, 2.45) is 45.8 Å². The molecular weight excluding hydrogens is 609 g/mol. The minimum Gasteiger partial charge on any atom is -0.390 e. The largest absolute Gasteiger partial charge is 0.417 e. The van der Waals surface area contributed by atoms with Crippen molar-refractivity contribution in [2.45, 2.75) is 145 Å². The van der Waals surface area contributed by atoms with Gasteiger partial charge in [0.2, 0.25) is 0 Å². The van der Waals surface area contributed by atoms with Crippen molar-refractivity contribution in [1.29, 1.82) is 0 Å². The number of benzene rings is 1. The summed E-state index contributed by atoms with van der Waals surface area (Å²) in [5.41, 5.74) is -2.83. The lowest BCUT2D eigenvalue weighted by Crippen LogP contribution is -2.56. The summed E-state index contributed by atoms with van der Waals surface area (Å²) in [5, 5.41) is 21.8. The number of hydrogen-bond acceptors (Lipinski definition) is 4. The zero-order chi connectivity index (χ0) is 33.0. The minimum atomic E-state index is -4.63. The molecule has 256 valence electrons. The molecule has 0 amide bonds. The number of hydrogen-bond donors (Lipinski definition) is 2. The van der Waals surface area contributed by atoms with E-state index in [2.05, 4.69) is 20.8 Å². The second-order valence-corrected chi connectivity index (χ2v) is 19.5. The van der Waals surface area contributed by atoms with Gasteiger partial charge >= 0.3 is 6.18 Å². The van der Waals surface area contributed by atoms with E-state index in [1.54, 1.807) is 24.3 Å².